The first-order chi connectivity index (χ1) is 14.8. The van der Waals surface area contributed by atoms with Crippen molar-refractivity contribution in [3.8, 4) is 0 Å². The second kappa shape index (κ2) is 13.3. The summed E-state index contributed by atoms with van der Waals surface area (Å²) >= 11 is 1.52. The van der Waals surface area contributed by atoms with Gasteiger partial charge in [0.15, 0.2) is 0 Å². The molecular weight excluding hydrogens is 406 g/mol. The van der Waals surface area contributed by atoms with Crippen molar-refractivity contribution in [2.75, 3.05) is 14.1 Å². The SMILES string of the molecule is C=C\C=C/C(=C(\C)CCC)C(=C\C)/c1csc(/C(C)=C/C(=C\NC=O)C(=O)N(C)C)n1. The van der Waals surface area contributed by atoms with E-state index in [-0.39, 0.29) is 5.91 Å². The molecule has 0 spiro atoms. The molecule has 0 aliphatic rings. The first-order valence-corrected chi connectivity index (χ1v) is 11.1. The highest BCUT2D eigenvalue weighted by Crippen LogP contribution is 2.31. The number of hydrogen-bond acceptors (Lipinski definition) is 4. The molecule has 166 valence electrons. The third kappa shape index (κ3) is 7.64. The van der Waals surface area contributed by atoms with Crippen LogP contribution in [0.4, 0.5) is 0 Å². The Morgan fingerprint density at radius 1 is 1.32 bits per heavy atom. The maximum Gasteiger partial charge on any atom is 0.254 e. The van der Waals surface area contributed by atoms with Gasteiger partial charge in [0.05, 0.1) is 11.3 Å². The molecule has 1 rings (SSSR count). The van der Waals surface area contributed by atoms with Gasteiger partial charge in [0.1, 0.15) is 5.01 Å². The Morgan fingerprint density at radius 2 is 2.03 bits per heavy atom. The predicted octanol–water partition coefficient (Wildman–Crippen LogP) is 5.53. The molecule has 0 atom stereocenters. The molecule has 0 aliphatic carbocycles. The van der Waals surface area contributed by atoms with Gasteiger partial charge in [-0.2, -0.15) is 0 Å². The van der Waals surface area contributed by atoms with Gasteiger partial charge in [-0.1, -0.05) is 49.8 Å². The van der Waals surface area contributed by atoms with Crippen LogP contribution in [0.1, 0.15) is 51.2 Å². The largest absolute Gasteiger partial charge is 0.345 e. The number of rotatable bonds is 11. The van der Waals surface area contributed by atoms with Crippen molar-refractivity contribution >= 4 is 34.8 Å². The number of nitrogens with zero attached hydrogens (tertiary/aromatic N) is 2. The molecule has 0 radical (unpaired) electrons. The zero-order valence-electron chi connectivity index (χ0n) is 19.4. The minimum Gasteiger partial charge on any atom is -0.345 e. The van der Waals surface area contributed by atoms with E-state index in [0.717, 1.165) is 40.3 Å². The molecule has 0 fully saturated rings. The van der Waals surface area contributed by atoms with Gasteiger partial charge in [-0.15, -0.1) is 11.3 Å². The number of amides is 2. The van der Waals surface area contributed by atoms with E-state index in [9.17, 15) is 9.59 Å². The molecule has 1 aromatic rings. The van der Waals surface area contributed by atoms with Crippen molar-refractivity contribution < 1.29 is 9.59 Å². The van der Waals surface area contributed by atoms with E-state index in [0.29, 0.717) is 12.0 Å². The highest BCUT2D eigenvalue weighted by Gasteiger charge is 2.15. The number of aromatic nitrogens is 1. The summed E-state index contributed by atoms with van der Waals surface area (Å²) in [6, 6.07) is 0. The Kier molecular flexibility index (Phi) is 11.2. The highest BCUT2D eigenvalue weighted by atomic mass is 32.1. The van der Waals surface area contributed by atoms with Crippen LogP contribution in [0.25, 0.3) is 11.1 Å². The van der Waals surface area contributed by atoms with Gasteiger partial charge in [-0.05, 0) is 44.4 Å². The summed E-state index contributed by atoms with van der Waals surface area (Å²) in [5.41, 5.74) is 5.65. The van der Waals surface area contributed by atoms with E-state index >= 15 is 0 Å². The molecule has 0 saturated carbocycles. The average molecular weight is 440 g/mol. The molecule has 0 aliphatic heterocycles. The van der Waals surface area contributed by atoms with Crippen molar-refractivity contribution in [1.82, 2.24) is 15.2 Å². The second-order valence-corrected chi connectivity index (χ2v) is 8.05. The third-order valence-corrected chi connectivity index (χ3v) is 5.49. The summed E-state index contributed by atoms with van der Waals surface area (Å²) in [6.45, 7) is 12.0. The molecule has 1 aromatic heterocycles. The Morgan fingerprint density at radius 3 is 2.58 bits per heavy atom. The van der Waals surface area contributed by atoms with Crippen molar-refractivity contribution in [2.24, 2.45) is 0 Å². The van der Waals surface area contributed by atoms with Crippen LogP contribution >= 0.6 is 11.3 Å². The summed E-state index contributed by atoms with van der Waals surface area (Å²) in [5.74, 6) is -0.199. The van der Waals surface area contributed by atoms with Gasteiger partial charge in [0, 0.05) is 31.2 Å². The first kappa shape index (κ1) is 26.0. The van der Waals surface area contributed by atoms with Gasteiger partial charge in [0.25, 0.3) is 5.91 Å². The highest BCUT2D eigenvalue weighted by molar-refractivity contribution is 7.10. The lowest BCUT2D eigenvalue weighted by atomic mass is 9.95. The Hall–Kier alpha value is -2.99. The molecule has 31 heavy (non-hydrogen) atoms. The molecule has 0 saturated heterocycles. The lowest BCUT2D eigenvalue weighted by Crippen LogP contribution is -2.24. The standard InChI is InChI=1S/C25H33N3O2S/c1-8-11-13-22(18(4)12-9-2)21(10-3)23-16-31-24(27-23)19(5)14-20(15-26-17-29)25(30)28(6)7/h8,10-11,13-17H,1,9,12H2,2-7H3,(H,26,29)/b13-11-,19-14+,20-15+,21-10+,22-18-. The number of allylic oxidation sites excluding steroid dienone is 8. The van der Waals surface area contributed by atoms with Gasteiger partial charge >= 0.3 is 0 Å². The van der Waals surface area contributed by atoms with Crippen LogP contribution in [0.2, 0.25) is 0 Å². The first-order valence-electron chi connectivity index (χ1n) is 10.2. The Bertz CT molecular complexity index is 944. The van der Waals surface area contributed by atoms with Crippen LogP contribution in [-0.4, -0.2) is 36.3 Å². The summed E-state index contributed by atoms with van der Waals surface area (Å²) in [7, 11) is 3.34. The molecule has 2 amide bonds. The summed E-state index contributed by atoms with van der Waals surface area (Å²) in [4.78, 5) is 29.4. The van der Waals surface area contributed by atoms with Crippen molar-refractivity contribution in [2.45, 2.75) is 40.5 Å². The van der Waals surface area contributed by atoms with E-state index < -0.39 is 0 Å². The molecule has 1 heterocycles. The van der Waals surface area contributed by atoms with E-state index in [1.807, 2.05) is 25.3 Å². The fourth-order valence-electron chi connectivity index (χ4n) is 3.00. The van der Waals surface area contributed by atoms with Crippen molar-refractivity contribution in [3.63, 3.8) is 0 Å². The third-order valence-electron chi connectivity index (χ3n) is 4.51. The van der Waals surface area contributed by atoms with Crippen LogP contribution < -0.4 is 5.32 Å². The van der Waals surface area contributed by atoms with Crippen LogP contribution in [0.3, 0.4) is 0 Å². The number of carbonyl (C=O) groups excluding carboxylic acids is 2. The van der Waals surface area contributed by atoms with E-state index in [1.165, 1.54) is 28.0 Å². The molecule has 6 heteroatoms. The maximum absolute atomic E-state index is 12.4. The average Bonchev–Trinajstić information content (AvgIpc) is 3.23. The lowest BCUT2D eigenvalue weighted by molar-refractivity contribution is -0.124. The van der Waals surface area contributed by atoms with Crippen molar-refractivity contribution in [3.05, 3.63) is 76.0 Å². The molecule has 0 bridgehead atoms. The van der Waals surface area contributed by atoms with Gasteiger partial charge in [0.2, 0.25) is 6.41 Å². The van der Waals surface area contributed by atoms with Crippen LogP contribution in [0, 0.1) is 0 Å². The van der Waals surface area contributed by atoms with E-state index in [4.69, 9.17) is 4.98 Å². The number of likely N-dealkylation sites (N-methyl/N-ethyl adjacent to an activating group) is 1. The maximum atomic E-state index is 12.4. The number of carbonyl (C=O) groups is 2. The number of thiazole rings is 1. The summed E-state index contributed by atoms with van der Waals surface area (Å²) in [6.07, 6.45) is 13.6. The summed E-state index contributed by atoms with van der Waals surface area (Å²) < 4.78 is 0. The van der Waals surface area contributed by atoms with Gasteiger partial charge in [-0.25, -0.2) is 4.98 Å². The smallest absolute Gasteiger partial charge is 0.254 e. The zero-order valence-corrected chi connectivity index (χ0v) is 20.2. The Labute approximate surface area is 190 Å². The molecule has 5 nitrogen and oxygen atoms in total. The quantitative estimate of drug-likeness (QED) is 0.280. The molecule has 0 aromatic carbocycles. The lowest BCUT2D eigenvalue weighted by Gasteiger charge is -2.12. The predicted molar refractivity (Wildman–Crippen MR) is 132 cm³/mol. The minimum absolute atomic E-state index is 0.199. The zero-order chi connectivity index (χ0) is 23.4. The van der Waals surface area contributed by atoms with E-state index in [1.54, 1.807) is 26.2 Å². The molecule has 1 N–H and O–H groups in total. The second-order valence-electron chi connectivity index (χ2n) is 7.19. The van der Waals surface area contributed by atoms with E-state index in [2.05, 4.69) is 37.9 Å². The molecule has 0 unspecified atom stereocenters. The summed E-state index contributed by atoms with van der Waals surface area (Å²) in [5, 5.41) is 5.30. The number of nitrogens with one attached hydrogen (secondary N) is 1. The van der Waals surface area contributed by atoms with Crippen molar-refractivity contribution in [1.29, 1.82) is 0 Å². The minimum atomic E-state index is -0.199. The van der Waals surface area contributed by atoms with Crippen LogP contribution in [0.5, 0.6) is 0 Å². The monoisotopic (exact) mass is 439 g/mol. The Balaban J connectivity index is 3.38. The fourth-order valence-corrected chi connectivity index (χ4v) is 3.80. The number of hydrogen-bond donors (Lipinski definition) is 1. The molecular formula is C25H33N3O2S. The normalized spacial score (nSPS) is 13.8. The van der Waals surface area contributed by atoms with Gasteiger partial charge in [-0.3, -0.25) is 9.59 Å². The fraction of sp³-hybridized carbons (Fsp3) is 0.320. The van der Waals surface area contributed by atoms with Crippen LogP contribution in [-0.2, 0) is 9.59 Å². The topological polar surface area (TPSA) is 62.3 Å². The van der Waals surface area contributed by atoms with Crippen LogP contribution in [0.15, 0.2) is 65.3 Å². The van der Waals surface area contributed by atoms with Gasteiger partial charge < -0.3 is 10.2 Å².